The van der Waals surface area contributed by atoms with E-state index >= 15 is 0 Å². The van der Waals surface area contributed by atoms with Gasteiger partial charge in [-0.15, -0.1) is 0 Å². The van der Waals surface area contributed by atoms with E-state index in [1.807, 2.05) is 11.4 Å². The van der Waals surface area contributed by atoms with Crippen molar-refractivity contribution in [3.63, 3.8) is 0 Å². The quantitative estimate of drug-likeness (QED) is 0.512. The van der Waals surface area contributed by atoms with Crippen LogP contribution in [0.1, 0.15) is 33.1 Å². The highest BCUT2D eigenvalue weighted by Crippen LogP contribution is 2.78. The van der Waals surface area contributed by atoms with E-state index in [2.05, 4.69) is 29.0 Å². The second-order valence-electron chi connectivity index (χ2n) is 4.51. The lowest BCUT2D eigenvalue weighted by Crippen LogP contribution is -2.41. The molecule has 2 nitrogen and oxygen atoms in total. The van der Waals surface area contributed by atoms with Gasteiger partial charge in [0.05, 0.1) is 5.60 Å². The van der Waals surface area contributed by atoms with Gasteiger partial charge in [0.1, 0.15) is 5.78 Å². The van der Waals surface area contributed by atoms with Gasteiger partial charge in [-0.1, -0.05) is 11.4 Å². The molecular weight excluding hydrogens is 362 g/mol. The molecule has 0 N–H and O–H groups in total. The molecule has 1 saturated heterocycles. The molecule has 86 valence electrons. The second kappa shape index (κ2) is 4.23. The van der Waals surface area contributed by atoms with Crippen LogP contribution in [-0.4, -0.2) is 16.6 Å². The zero-order chi connectivity index (χ0) is 11.3. The van der Waals surface area contributed by atoms with Gasteiger partial charge < -0.3 is 4.52 Å². The summed E-state index contributed by atoms with van der Waals surface area (Å²) in [5, 5.41) is 0.433. The van der Waals surface area contributed by atoms with Crippen molar-refractivity contribution >= 4 is 54.1 Å². The van der Waals surface area contributed by atoms with Crippen molar-refractivity contribution < 1.29 is 9.32 Å². The molecule has 1 heterocycles. The van der Waals surface area contributed by atoms with E-state index in [9.17, 15) is 4.79 Å². The summed E-state index contributed by atoms with van der Waals surface area (Å²) in [6.45, 7) is 3.86. The normalized spacial score (nSPS) is 50.1. The van der Waals surface area contributed by atoms with Crippen LogP contribution in [0.15, 0.2) is 0 Å². The third-order valence-corrected chi connectivity index (χ3v) is 10.5. The van der Waals surface area contributed by atoms with Crippen molar-refractivity contribution in [3.8, 4) is 0 Å². The fraction of sp³-hybridized carbons (Fsp3) is 0.889. The first-order valence-electron chi connectivity index (χ1n) is 5.02. The minimum atomic E-state index is -1.66. The standard InChI is InChI=1S/C9H14IO2PS2/c1-6(11)7-3-4-9(2)8(5-7)15-13(10,14)12-9/h7-8H,3-5H2,1-2H3/t7?,8-,9?,13-/m1/s1. The Morgan fingerprint density at radius 2 is 2.40 bits per heavy atom. The van der Waals surface area contributed by atoms with Gasteiger partial charge >= 0.3 is 0 Å². The maximum Gasteiger partial charge on any atom is 0.178 e. The number of rotatable bonds is 1. The van der Waals surface area contributed by atoms with Gasteiger partial charge in [-0.25, -0.2) is 0 Å². The lowest BCUT2D eigenvalue weighted by molar-refractivity contribution is -0.122. The number of fused-ring (bicyclic) bond motifs is 1. The van der Waals surface area contributed by atoms with Gasteiger partial charge in [0.15, 0.2) is 3.11 Å². The Labute approximate surface area is 113 Å². The average molecular weight is 376 g/mol. The molecule has 6 heteroatoms. The number of ketones is 1. The molecule has 0 aromatic carbocycles. The number of carbonyl (C=O) groups excluding carboxylic acids is 1. The van der Waals surface area contributed by atoms with Crippen LogP contribution in [0.3, 0.4) is 0 Å². The van der Waals surface area contributed by atoms with Gasteiger partial charge in [-0.2, -0.15) is 0 Å². The maximum absolute atomic E-state index is 11.4. The predicted molar refractivity (Wildman–Crippen MR) is 77.2 cm³/mol. The SMILES string of the molecule is CC(=O)C1CCC2(C)O[P@@](=S)(I)S[C@@H]2C1. The Bertz CT molecular complexity index is 349. The van der Waals surface area contributed by atoms with Crippen molar-refractivity contribution in [2.45, 2.75) is 44.0 Å². The number of halogens is 1. The van der Waals surface area contributed by atoms with E-state index in [0.717, 1.165) is 19.3 Å². The summed E-state index contributed by atoms with van der Waals surface area (Å²) in [5.41, 5.74) is -0.0622. The number of Topliss-reactive ketones (excluding diaryl/α,β-unsaturated/α-hetero) is 1. The highest BCUT2D eigenvalue weighted by molar-refractivity contribution is 14.2. The van der Waals surface area contributed by atoms with Crippen molar-refractivity contribution in [3.05, 3.63) is 0 Å². The summed E-state index contributed by atoms with van der Waals surface area (Å²) in [5.74, 6) is 0.565. The van der Waals surface area contributed by atoms with E-state index in [-0.39, 0.29) is 11.5 Å². The van der Waals surface area contributed by atoms with Crippen molar-refractivity contribution in [1.29, 1.82) is 0 Å². The minimum Gasteiger partial charge on any atom is -0.327 e. The Kier molecular flexibility index (Phi) is 3.61. The maximum atomic E-state index is 11.4. The molecule has 15 heavy (non-hydrogen) atoms. The van der Waals surface area contributed by atoms with E-state index in [0.29, 0.717) is 11.0 Å². The molecule has 2 unspecified atom stereocenters. The first-order valence-corrected chi connectivity index (χ1v) is 12.0. The monoisotopic (exact) mass is 376 g/mol. The molecule has 1 aliphatic heterocycles. The highest BCUT2D eigenvalue weighted by Gasteiger charge is 2.51. The Morgan fingerprint density at radius 3 is 3.00 bits per heavy atom. The summed E-state index contributed by atoms with van der Waals surface area (Å²) in [6, 6.07) is 0. The molecule has 0 aromatic heterocycles. The molecule has 1 aliphatic carbocycles. The molecule has 2 rings (SSSR count). The third kappa shape index (κ3) is 2.62. The zero-order valence-electron chi connectivity index (χ0n) is 8.73. The Hall–Kier alpha value is 1.36. The summed E-state index contributed by atoms with van der Waals surface area (Å²) < 4.78 is 4.37. The largest absolute Gasteiger partial charge is 0.327 e. The zero-order valence-corrected chi connectivity index (χ0v) is 13.4. The minimum absolute atomic E-state index is 0.0622. The Morgan fingerprint density at radius 1 is 1.73 bits per heavy atom. The molecule has 0 aromatic rings. The van der Waals surface area contributed by atoms with Crippen LogP contribution in [0.4, 0.5) is 0 Å². The second-order valence-corrected chi connectivity index (χ2v) is 18.8. The summed E-state index contributed by atoms with van der Waals surface area (Å²) in [4.78, 5) is 11.4. The summed E-state index contributed by atoms with van der Waals surface area (Å²) >= 11 is 9.55. The van der Waals surface area contributed by atoms with E-state index in [1.54, 1.807) is 6.92 Å². The summed E-state index contributed by atoms with van der Waals surface area (Å²) in [6.07, 6.45) is 2.91. The molecule has 1 saturated carbocycles. The van der Waals surface area contributed by atoms with Gasteiger partial charge in [0, 0.05) is 33.2 Å². The fourth-order valence-corrected chi connectivity index (χ4v) is 11.9. The van der Waals surface area contributed by atoms with Gasteiger partial charge in [-0.3, -0.25) is 4.79 Å². The molecule has 0 amide bonds. The first kappa shape index (κ1) is 12.8. The predicted octanol–water partition coefficient (Wildman–Crippen LogP) is 3.93. The smallest absolute Gasteiger partial charge is 0.178 e. The van der Waals surface area contributed by atoms with E-state index < -0.39 is 3.11 Å². The van der Waals surface area contributed by atoms with E-state index in [1.165, 1.54) is 0 Å². The number of hydrogen-bond acceptors (Lipinski definition) is 4. The lowest BCUT2D eigenvalue weighted by Gasteiger charge is -2.36. The number of carbonyl (C=O) groups is 1. The molecular formula is C9H14IO2PS2. The van der Waals surface area contributed by atoms with E-state index in [4.69, 9.17) is 16.3 Å². The molecule has 2 aliphatic rings. The average Bonchev–Trinajstić information content (AvgIpc) is 2.31. The van der Waals surface area contributed by atoms with Crippen LogP contribution in [-0.2, 0) is 21.1 Å². The van der Waals surface area contributed by atoms with Crippen LogP contribution >= 0.6 is 36.5 Å². The fourth-order valence-electron chi connectivity index (χ4n) is 2.30. The van der Waals surface area contributed by atoms with Crippen molar-refractivity contribution in [1.82, 2.24) is 0 Å². The van der Waals surface area contributed by atoms with Crippen LogP contribution in [0.25, 0.3) is 0 Å². The van der Waals surface area contributed by atoms with Crippen molar-refractivity contribution in [2.75, 3.05) is 0 Å². The van der Waals surface area contributed by atoms with Gasteiger partial charge in [0.2, 0.25) is 0 Å². The molecule has 0 bridgehead atoms. The van der Waals surface area contributed by atoms with Crippen LogP contribution < -0.4 is 0 Å². The molecule has 0 radical (unpaired) electrons. The lowest BCUT2D eigenvalue weighted by atomic mass is 9.78. The van der Waals surface area contributed by atoms with Crippen LogP contribution in [0.2, 0.25) is 0 Å². The number of hydrogen-bond donors (Lipinski definition) is 0. The topological polar surface area (TPSA) is 26.3 Å². The molecule has 4 atom stereocenters. The molecule has 2 fully saturated rings. The third-order valence-electron chi connectivity index (χ3n) is 3.31. The first-order chi connectivity index (χ1) is 6.82. The summed E-state index contributed by atoms with van der Waals surface area (Å²) in [7, 11) is 0. The highest BCUT2D eigenvalue weighted by atomic mass is 127. The molecule has 0 spiro atoms. The van der Waals surface area contributed by atoms with Crippen molar-refractivity contribution in [2.24, 2.45) is 5.92 Å². The Balaban J connectivity index is 2.16. The van der Waals surface area contributed by atoms with Gasteiger partial charge in [-0.05, 0) is 44.9 Å². The van der Waals surface area contributed by atoms with Gasteiger partial charge in [0.25, 0.3) is 0 Å². The van der Waals surface area contributed by atoms with Crippen LogP contribution in [0.5, 0.6) is 0 Å². The van der Waals surface area contributed by atoms with Crippen LogP contribution in [0, 0.1) is 5.92 Å².